The van der Waals surface area contributed by atoms with Crippen LogP contribution in [0.3, 0.4) is 0 Å². The number of carbonyl (C=O) groups excluding carboxylic acids is 2. The van der Waals surface area contributed by atoms with E-state index in [1.807, 2.05) is 0 Å². The van der Waals surface area contributed by atoms with Crippen molar-refractivity contribution in [3.05, 3.63) is 0 Å². The van der Waals surface area contributed by atoms with Gasteiger partial charge in [0.25, 0.3) is 0 Å². The molecule has 0 heterocycles. The highest BCUT2D eigenvalue weighted by molar-refractivity contribution is 5.95. The third-order valence-corrected chi connectivity index (χ3v) is 2.57. The fourth-order valence-corrected chi connectivity index (χ4v) is 1.36. The van der Waals surface area contributed by atoms with Crippen molar-refractivity contribution in [2.24, 2.45) is 5.73 Å². The maximum atomic E-state index is 13.1. The molecular weight excluding hydrogens is 367 g/mol. The van der Waals surface area contributed by atoms with E-state index < -0.39 is 61.2 Å². The normalized spacial score (nSPS) is 15.1. The summed E-state index contributed by atoms with van der Waals surface area (Å²) in [6.07, 6.45) is -13.0. The molecule has 1 atom stereocenters. The number of nitrogens with two attached hydrogens (primary N) is 1. The van der Waals surface area contributed by atoms with Gasteiger partial charge in [0.2, 0.25) is 11.8 Å². The van der Waals surface area contributed by atoms with Crippen LogP contribution in [0.1, 0.15) is 12.8 Å². The van der Waals surface area contributed by atoms with Crippen LogP contribution in [0, 0.1) is 0 Å². The first kappa shape index (κ1) is 22.3. The molecule has 0 aliphatic rings. The highest BCUT2D eigenvalue weighted by Gasteiger charge is 2.81. The van der Waals surface area contributed by atoms with Crippen molar-refractivity contribution in [3.8, 4) is 0 Å². The minimum Gasteiger partial charge on any atom is -0.391 e. The van der Waals surface area contributed by atoms with Crippen molar-refractivity contribution in [1.82, 2.24) is 5.32 Å². The lowest BCUT2D eigenvalue weighted by atomic mass is 9.98. The van der Waals surface area contributed by atoms with Gasteiger partial charge < -0.3 is 16.2 Å². The van der Waals surface area contributed by atoms with E-state index in [0.29, 0.717) is 0 Å². The van der Waals surface area contributed by atoms with Gasteiger partial charge in [-0.25, -0.2) is 0 Å². The zero-order valence-electron chi connectivity index (χ0n) is 11.4. The Kier molecular flexibility index (Phi) is 6.52. The Morgan fingerprint density at radius 3 is 1.79 bits per heavy atom. The summed E-state index contributed by atoms with van der Waals surface area (Å²) in [7, 11) is 0. The summed E-state index contributed by atoms with van der Waals surface area (Å²) in [6, 6.07) is 0. The number of halogens is 9. The van der Waals surface area contributed by atoms with E-state index in [0.717, 1.165) is 0 Å². The molecule has 0 aromatic rings. The molecule has 142 valence electrons. The largest absolute Gasteiger partial charge is 0.460 e. The molecule has 2 amide bonds. The van der Waals surface area contributed by atoms with Gasteiger partial charge in [0.1, 0.15) is 6.42 Å². The quantitative estimate of drug-likeness (QED) is 0.438. The number of rotatable bonds is 8. The first-order valence-corrected chi connectivity index (χ1v) is 5.89. The second-order valence-corrected chi connectivity index (χ2v) is 4.66. The topological polar surface area (TPSA) is 92.4 Å². The van der Waals surface area contributed by atoms with Crippen LogP contribution < -0.4 is 11.1 Å². The van der Waals surface area contributed by atoms with Crippen LogP contribution in [0.2, 0.25) is 0 Å². The Morgan fingerprint density at radius 2 is 1.42 bits per heavy atom. The molecule has 0 aromatic heterocycles. The monoisotopic (exact) mass is 378 g/mol. The molecule has 0 spiro atoms. The van der Waals surface area contributed by atoms with E-state index >= 15 is 0 Å². The molecule has 4 N–H and O–H groups in total. The van der Waals surface area contributed by atoms with Crippen molar-refractivity contribution in [2.45, 2.75) is 42.9 Å². The van der Waals surface area contributed by atoms with Gasteiger partial charge in [0, 0.05) is 13.0 Å². The summed E-state index contributed by atoms with van der Waals surface area (Å²) in [5.41, 5.74) is 4.58. The number of carbonyl (C=O) groups is 2. The maximum absolute atomic E-state index is 13.1. The second-order valence-electron chi connectivity index (χ2n) is 4.66. The van der Waals surface area contributed by atoms with Crippen molar-refractivity contribution in [3.63, 3.8) is 0 Å². The van der Waals surface area contributed by atoms with Gasteiger partial charge in [0.05, 0.1) is 6.10 Å². The Hall–Kier alpha value is -1.73. The minimum absolute atomic E-state index is 0.953. The standard InChI is InChI=1S/C10H11F9N2O3/c11-7(12,8(13,14)9(15,16)10(17,18)19)2-4(22)3-21-6(24)1-5(20)23/h4,22H,1-3H2,(H2,20,23)(H,21,24). The summed E-state index contributed by atoms with van der Waals surface area (Å²) >= 11 is 0. The first-order chi connectivity index (χ1) is 10.5. The molecule has 0 aliphatic carbocycles. The minimum atomic E-state index is -7.06. The zero-order chi connectivity index (χ0) is 19.6. The fraction of sp³-hybridized carbons (Fsp3) is 0.800. The van der Waals surface area contributed by atoms with Crippen molar-refractivity contribution in [2.75, 3.05) is 6.54 Å². The molecule has 24 heavy (non-hydrogen) atoms. The van der Waals surface area contributed by atoms with Crippen molar-refractivity contribution >= 4 is 11.8 Å². The summed E-state index contributed by atoms with van der Waals surface area (Å²) in [5.74, 6) is -22.2. The smallest absolute Gasteiger partial charge is 0.391 e. The van der Waals surface area contributed by atoms with Gasteiger partial charge in [-0.3, -0.25) is 9.59 Å². The third-order valence-electron chi connectivity index (χ3n) is 2.57. The van der Waals surface area contributed by atoms with Gasteiger partial charge in [-0.2, -0.15) is 39.5 Å². The van der Waals surface area contributed by atoms with Crippen molar-refractivity contribution < 1.29 is 54.2 Å². The van der Waals surface area contributed by atoms with E-state index in [9.17, 15) is 49.1 Å². The SMILES string of the molecule is NC(=O)CC(=O)NCC(O)CC(F)(F)C(F)(F)C(F)(F)C(F)(F)F. The van der Waals surface area contributed by atoms with Gasteiger partial charge in [-0.05, 0) is 0 Å². The first-order valence-electron chi connectivity index (χ1n) is 5.89. The van der Waals surface area contributed by atoms with Gasteiger partial charge in [-0.1, -0.05) is 0 Å². The lowest BCUT2D eigenvalue weighted by Crippen LogP contribution is -2.61. The molecule has 0 rings (SSSR count). The van der Waals surface area contributed by atoms with E-state index in [-0.39, 0.29) is 0 Å². The van der Waals surface area contributed by atoms with Crippen LogP contribution in [-0.4, -0.2) is 53.5 Å². The molecule has 0 saturated heterocycles. The van der Waals surface area contributed by atoms with Gasteiger partial charge in [0.15, 0.2) is 0 Å². The van der Waals surface area contributed by atoms with Gasteiger partial charge >= 0.3 is 23.9 Å². The maximum Gasteiger partial charge on any atom is 0.460 e. The number of alkyl halides is 9. The van der Waals surface area contributed by atoms with E-state index in [1.54, 1.807) is 5.32 Å². The molecule has 0 bridgehead atoms. The number of aliphatic hydroxyl groups excluding tert-OH is 1. The number of primary amides is 1. The molecular formula is C10H11F9N2O3. The molecule has 0 fully saturated rings. The molecule has 0 aliphatic heterocycles. The molecule has 1 unspecified atom stereocenters. The number of hydrogen-bond donors (Lipinski definition) is 3. The molecule has 14 heteroatoms. The molecule has 0 aromatic carbocycles. The van der Waals surface area contributed by atoms with Crippen LogP contribution in [0.25, 0.3) is 0 Å². The van der Waals surface area contributed by atoms with E-state index in [2.05, 4.69) is 5.73 Å². The predicted octanol–water partition coefficient (Wildman–Crippen LogP) is 1.20. The van der Waals surface area contributed by atoms with E-state index in [4.69, 9.17) is 5.11 Å². The van der Waals surface area contributed by atoms with Crippen LogP contribution in [-0.2, 0) is 9.59 Å². The van der Waals surface area contributed by atoms with Gasteiger partial charge in [-0.15, -0.1) is 0 Å². The Morgan fingerprint density at radius 1 is 0.958 bits per heavy atom. The molecule has 5 nitrogen and oxygen atoms in total. The zero-order valence-corrected chi connectivity index (χ0v) is 11.4. The Balaban J connectivity index is 5.00. The lowest BCUT2D eigenvalue weighted by Gasteiger charge is -2.34. The Bertz CT molecular complexity index is 479. The van der Waals surface area contributed by atoms with Crippen LogP contribution in [0.15, 0.2) is 0 Å². The second kappa shape index (κ2) is 7.03. The van der Waals surface area contributed by atoms with Crippen LogP contribution in [0.4, 0.5) is 39.5 Å². The molecule has 0 radical (unpaired) electrons. The number of aliphatic hydroxyl groups is 1. The van der Waals surface area contributed by atoms with Crippen molar-refractivity contribution in [1.29, 1.82) is 0 Å². The van der Waals surface area contributed by atoms with Crippen LogP contribution in [0.5, 0.6) is 0 Å². The number of nitrogens with one attached hydrogen (secondary N) is 1. The molecule has 0 saturated carbocycles. The lowest BCUT2D eigenvalue weighted by molar-refractivity contribution is -0.398. The summed E-state index contributed by atoms with van der Waals surface area (Å²) < 4.78 is 113. The Labute approximate surface area is 128 Å². The predicted molar refractivity (Wildman–Crippen MR) is 58.3 cm³/mol. The summed E-state index contributed by atoms with van der Waals surface area (Å²) in [5, 5.41) is 10.6. The highest BCUT2D eigenvalue weighted by Crippen LogP contribution is 2.54. The number of amides is 2. The van der Waals surface area contributed by atoms with E-state index in [1.165, 1.54) is 0 Å². The summed E-state index contributed by atoms with van der Waals surface area (Å²) in [6.45, 7) is -1.21. The summed E-state index contributed by atoms with van der Waals surface area (Å²) in [4.78, 5) is 21.2. The highest BCUT2D eigenvalue weighted by atomic mass is 19.4. The third kappa shape index (κ3) is 4.88. The number of hydrogen-bond acceptors (Lipinski definition) is 3. The average molecular weight is 378 g/mol. The average Bonchev–Trinajstić information content (AvgIpc) is 2.33. The van der Waals surface area contributed by atoms with Crippen LogP contribution >= 0.6 is 0 Å². The fourth-order valence-electron chi connectivity index (χ4n) is 1.36.